The van der Waals surface area contributed by atoms with E-state index in [2.05, 4.69) is 35.9 Å². The number of nitrogens with one attached hydrogen (secondary N) is 1. The molecule has 0 atom stereocenters. The third-order valence-corrected chi connectivity index (χ3v) is 8.32. The maximum absolute atomic E-state index is 13.1. The number of anilines is 2. The Kier molecular flexibility index (Phi) is 7.39. The molecule has 0 radical (unpaired) electrons. The van der Waals surface area contributed by atoms with Crippen molar-refractivity contribution in [1.82, 2.24) is 19.8 Å². The molecule has 37 heavy (non-hydrogen) atoms. The van der Waals surface area contributed by atoms with E-state index in [0.717, 1.165) is 55.6 Å². The molecule has 0 aliphatic carbocycles. The number of nitrogens with zero attached hydrogens (tertiary/aromatic N) is 5. The second kappa shape index (κ2) is 10.7. The van der Waals surface area contributed by atoms with Gasteiger partial charge in [0.05, 0.1) is 19.6 Å². The van der Waals surface area contributed by atoms with Gasteiger partial charge in [0, 0.05) is 74.0 Å². The Bertz CT molecular complexity index is 1260. The van der Waals surface area contributed by atoms with Gasteiger partial charge in [0.2, 0.25) is 0 Å². The van der Waals surface area contributed by atoms with Gasteiger partial charge in [-0.1, -0.05) is 20.8 Å². The number of carbonyl (C=O) groups is 1. The SMILES string of the molecule is CCN1CCc2c(sc3nc(C(C)C)nc(N4CCN(C(=O)Nc5cc(OC)cc(OC)c5)CC4)c23)C1. The Morgan fingerprint density at radius 2 is 1.76 bits per heavy atom. The van der Waals surface area contributed by atoms with Crippen LogP contribution >= 0.6 is 11.3 Å². The summed E-state index contributed by atoms with van der Waals surface area (Å²) in [6, 6.07) is 5.24. The largest absolute Gasteiger partial charge is 0.497 e. The first-order valence-electron chi connectivity index (χ1n) is 13.0. The van der Waals surface area contributed by atoms with Crippen LogP contribution in [0, 0.1) is 0 Å². The van der Waals surface area contributed by atoms with E-state index in [1.807, 2.05) is 16.2 Å². The number of hydrogen-bond acceptors (Lipinski definition) is 8. The normalized spacial score (nSPS) is 16.3. The van der Waals surface area contributed by atoms with Crippen molar-refractivity contribution in [3.63, 3.8) is 0 Å². The highest BCUT2D eigenvalue weighted by atomic mass is 32.1. The van der Waals surface area contributed by atoms with Crippen LogP contribution in [0.25, 0.3) is 10.2 Å². The highest BCUT2D eigenvalue weighted by Crippen LogP contribution is 2.40. The summed E-state index contributed by atoms with van der Waals surface area (Å²) < 4.78 is 10.7. The van der Waals surface area contributed by atoms with Gasteiger partial charge in [0.15, 0.2) is 0 Å². The lowest BCUT2D eigenvalue weighted by atomic mass is 10.0. The molecule has 3 aromatic rings. The minimum absolute atomic E-state index is 0.127. The van der Waals surface area contributed by atoms with Crippen molar-refractivity contribution in [3.8, 4) is 11.5 Å². The second-order valence-electron chi connectivity index (χ2n) is 9.87. The lowest BCUT2D eigenvalue weighted by molar-refractivity contribution is 0.208. The molecule has 9 nitrogen and oxygen atoms in total. The van der Waals surface area contributed by atoms with Crippen LogP contribution in [0.4, 0.5) is 16.3 Å². The number of hydrogen-bond donors (Lipinski definition) is 1. The average molecular weight is 525 g/mol. The molecule has 1 fully saturated rings. The number of methoxy groups -OCH3 is 2. The number of fused-ring (bicyclic) bond motifs is 3. The number of thiophene rings is 1. The smallest absolute Gasteiger partial charge is 0.321 e. The minimum atomic E-state index is -0.127. The molecule has 10 heteroatoms. The van der Waals surface area contributed by atoms with E-state index in [1.54, 1.807) is 32.4 Å². The molecular weight excluding hydrogens is 488 g/mol. The molecular formula is C27H36N6O3S. The van der Waals surface area contributed by atoms with Gasteiger partial charge in [0.1, 0.15) is 28.0 Å². The third kappa shape index (κ3) is 5.17. The second-order valence-corrected chi connectivity index (χ2v) is 11.0. The fraction of sp³-hybridized carbons (Fsp3) is 0.519. The Morgan fingerprint density at radius 1 is 1.05 bits per heavy atom. The molecule has 2 aromatic heterocycles. The van der Waals surface area contributed by atoms with Gasteiger partial charge in [0.25, 0.3) is 0 Å². The summed E-state index contributed by atoms with van der Waals surface area (Å²) in [4.78, 5) is 32.3. The fourth-order valence-corrected chi connectivity index (χ4v) is 6.27. The number of urea groups is 1. The Hall–Kier alpha value is -3.11. The van der Waals surface area contributed by atoms with E-state index in [4.69, 9.17) is 19.4 Å². The lowest BCUT2D eigenvalue weighted by Crippen LogP contribution is -2.50. The first-order chi connectivity index (χ1) is 17.9. The zero-order chi connectivity index (χ0) is 26.1. The number of carbonyl (C=O) groups excluding carboxylic acids is 1. The van der Waals surface area contributed by atoms with Gasteiger partial charge in [-0.05, 0) is 18.5 Å². The first-order valence-corrected chi connectivity index (χ1v) is 13.8. The highest BCUT2D eigenvalue weighted by molar-refractivity contribution is 7.19. The predicted molar refractivity (Wildman–Crippen MR) is 149 cm³/mol. The third-order valence-electron chi connectivity index (χ3n) is 7.21. The van der Waals surface area contributed by atoms with Crippen molar-refractivity contribution in [2.45, 2.75) is 39.7 Å². The van der Waals surface area contributed by atoms with E-state index in [-0.39, 0.29) is 11.9 Å². The number of ether oxygens (including phenoxy) is 2. The van der Waals surface area contributed by atoms with Crippen LogP contribution in [0.2, 0.25) is 0 Å². The molecule has 4 heterocycles. The monoisotopic (exact) mass is 524 g/mol. The standard InChI is InChI=1S/C27H36N6O3S/c1-6-31-8-7-21-22(16-31)37-26-23(21)25(29-24(30-26)17(2)3)32-9-11-33(12-10-32)27(34)28-18-13-19(35-4)15-20(14-18)36-5/h13-15,17H,6-12,16H2,1-5H3,(H,28,34). The summed E-state index contributed by atoms with van der Waals surface area (Å²) in [5.41, 5.74) is 2.07. The van der Waals surface area contributed by atoms with Crippen molar-refractivity contribution < 1.29 is 14.3 Å². The van der Waals surface area contributed by atoms with Gasteiger partial charge < -0.3 is 24.6 Å². The van der Waals surface area contributed by atoms with E-state index in [0.29, 0.717) is 30.3 Å². The number of likely N-dealkylation sites (N-methyl/N-ethyl adjacent to an activating group) is 1. The van der Waals surface area contributed by atoms with Crippen molar-refractivity contribution >= 4 is 39.1 Å². The van der Waals surface area contributed by atoms with E-state index >= 15 is 0 Å². The molecule has 2 aliphatic rings. The molecule has 0 saturated carbocycles. The molecule has 0 bridgehead atoms. The molecule has 198 valence electrons. The van der Waals surface area contributed by atoms with Crippen LogP contribution in [0.5, 0.6) is 11.5 Å². The minimum Gasteiger partial charge on any atom is -0.497 e. The van der Waals surface area contributed by atoms with Crippen LogP contribution in [-0.4, -0.2) is 79.3 Å². The molecule has 1 N–H and O–H groups in total. The molecule has 1 aromatic carbocycles. The van der Waals surface area contributed by atoms with Crippen LogP contribution in [-0.2, 0) is 13.0 Å². The van der Waals surface area contributed by atoms with Crippen molar-refractivity contribution in [3.05, 3.63) is 34.5 Å². The maximum Gasteiger partial charge on any atom is 0.321 e. The summed E-state index contributed by atoms with van der Waals surface area (Å²) in [7, 11) is 3.19. The van der Waals surface area contributed by atoms with Crippen LogP contribution < -0.4 is 19.7 Å². The Labute approximate surface area is 222 Å². The van der Waals surface area contributed by atoms with Gasteiger partial charge in [-0.3, -0.25) is 4.90 Å². The van der Waals surface area contributed by atoms with Crippen LogP contribution in [0.3, 0.4) is 0 Å². The Balaban J connectivity index is 1.35. The quantitative estimate of drug-likeness (QED) is 0.506. The van der Waals surface area contributed by atoms with Gasteiger partial charge >= 0.3 is 6.03 Å². The summed E-state index contributed by atoms with van der Waals surface area (Å²) in [5, 5.41) is 4.22. The van der Waals surface area contributed by atoms with Crippen molar-refractivity contribution in [2.75, 3.05) is 63.7 Å². The first kappa shape index (κ1) is 25.5. The van der Waals surface area contributed by atoms with E-state index in [1.165, 1.54) is 15.8 Å². The van der Waals surface area contributed by atoms with Gasteiger partial charge in [-0.15, -0.1) is 11.3 Å². The summed E-state index contributed by atoms with van der Waals surface area (Å²) in [5.74, 6) is 3.44. The average Bonchev–Trinajstić information content (AvgIpc) is 3.29. The van der Waals surface area contributed by atoms with Gasteiger partial charge in [-0.25, -0.2) is 14.8 Å². The summed E-state index contributed by atoms with van der Waals surface area (Å²) in [6.45, 7) is 12.3. The van der Waals surface area contributed by atoms with Crippen LogP contribution in [0.15, 0.2) is 18.2 Å². The highest BCUT2D eigenvalue weighted by Gasteiger charge is 2.29. The molecule has 0 spiro atoms. The van der Waals surface area contributed by atoms with E-state index in [9.17, 15) is 4.79 Å². The van der Waals surface area contributed by atoms with Gasteiger partial charge in [-0.2, -0.15) is 0 Å². The molecule has 2 amide bonds. The van der Waals surface area contributed by atoms with Crippen molar-refractivity contribution in [2.24, 2.45) is 0 Å². The number of piperazine rings is 1. The number of rotatable bonds is 6. The molecule has 2 aliphatic heterocycles. The number of amides is 2. The Morgan fingerprint density at radius 3 is 2.38 bits per heavy atom. The van der Waals surface area contributed by atoms with Crippen LogP contribution in [0.1, 0.15) is 43.0 Å². The van der Waals surface area contributed by atoms with E-state index < -0.39 is 0 Å². The number of benzene rings is 1. The molecule has 1 saturated heterocycles. The predicted octanol–water partition coefficient (Wildman–Crippen LogP) is 4.56. The summed E-state index contributed by atoms with van der Waals surface area (Å²) >= 11 is 1.83. The fourth-order valence-electron chi connectivity index (χ4n) is 5.01. The molecule has 5 rings (SSSR count). The maximum atomic E-state index is 13.1. The zero-order valence-electron chi connectivity index (χ0n) is 22.3. The van der Waals surface area contributed by atoms with Crippen molar-refractivity contribution in [1.29, 1.82) is 0 Å². The number of aromatic nitrogens is 2. The topological polar surface area (TPSA) is 83.1 Å². The summed E-state index contributed by atoms with van der Waals surface area (Å²) in [6.07, 6.45) is 1.03. The molecule has 0 unspecified atom stereocenters. The lowest BCUT2D eigenvalue weighted by Gasteiger charge is -2.36. The zero-order valence-corrected chi connectivity index (χ0v) is 23.2.